The molecule has 0 atom stereocenters. The van der Waals surface area contributed by atoms with Crippen molar-refractivity contribution in [1.82, 2.24) is 10.2 Å². The minimum absolute atomic E-state index is 0.0351. The van der Waals surface area contributed by atoms with E-state index in [-0.39, 0.29) is 18.2 Å². The third-order valence-electron chi connectivity index (χ3n) is 3.94. The number of benzene rings is 1. The first kappa shape index (κ1) is 19.8. The van der Waals surface area contributed by atoms with Crippen molar-refractivity contribution >= 4 is 50.4 Å². The first-order valence-electron chi connectivity index (χ1n) is 8.48. The molecule has 0 saturated heterocycles. The van der Waals surface area contributed by atoms with Crippen molar-refractivity contribution in [2.45, 2.75) is 19.5 Å². The highest BCUT2D eigenvalue weighted by Gasteiger charge is 2.16. The van der Waals surface area contributed by atoms with Crippen LogP contribution in [0.25, 0.3) is 0 Å². The minimum Gasteiger partial charge on any atom is -0.352 e. The fourth-order valence-corrected chi connectivity index (χ4v) is 4.26. The summed E-state index contributed by atoms with van der Waals surface area (Å²) in [6.45, 7) is 1.50. The molecule has 4 nitrogen and oxygen atoms in total. The van der Waals surface area contributed by atoms with Gasteiger partial charge in [0.15, 0.2) is 0 Å². The normalized spacial score (nSPS) is 10.6. The summed E-state index contributed by atoms with van der Waals surface area (Å²) in [5, 5.41) is 6.86. The Labute approximate surface area is 175 Å². The number of carbonyl (C=O) groups excluding carboxylic acids is 2. The summed E-state index contributed by atoms with van der Waals surface area (Å²) in [5.74, 6) is -0.133. The summed E-state index contributed by atoms with van der Waals surface area (Å²) < 4.78 is 0.923. The highest BCUT2D eigenvalue weighted by atomic mass is 79.9. The Morgan fingerprint density at radius 3 is 2.04 bits per heavy atom. The third-order valence-corrected chi connectivity index (χ3v) is 6.19. The highest BCUT2D eigenvalue weighted by molar-refractivity contribution is 9.10. The van der Waals surface area contributed by atoms with E-state index < -0.39 is 0 Å². The van der Waals surface area contributed by atoms with Gasteiger partial charge in [0.25, 0.3) is 5.91 Å². The van der Waals surface area contributed by atoms with Crippen molar-refractivity contribution < 1.29 is 9.59 Å². The summed E-state index contributed by atoms with van der Waals surface area (Å²) in [4.78, 5) is 29.1. The van der Waals surface area contributed by atoms with Crippen LogP contribution in [-0.4, -0.2) is 23.3 Å². The maximum Gasteiger partial charge on any atom is 0.251 e. The molecule has 27 heavy (non-hydrogen) atoms. The van der Waals surface area contributed by atoms with E-state index in [1.165, 1.54) is 0 Å². The van der Waals surface area contributed by atoms with E-state index in [9.17, 15) is 9.59 Å². The molecule has 7 heteroatoms. The van der Waals surface area contributed by atoms with Crippen molar-refractivity contribution in [3.8, 4) is 0 Å². The first-order chi connectivity index (χ1) is 13.1. The van der Waals surface area contributed by atoms with E-state index in [4.69, 9.17) is 0 Å². The van der Waals surface area contributed by atoms with Crippen molar-refractivity contribution in [3.05, 3.63) is 79.1 Å². The second kappa shape index (κ2) is 9.82. The lowest BCUT2D eigenvalue weighted by Gasteiger charge is -2.21. The summed E-state index contributed by atoms with van der Waals surface area (Å²) >= 11 is 6.64. The van der Waals surface area contributed by atoms with Gasteiger partial charge in [0.05, 0.1) is 13.1 Å². The Kier molecular flexibility index (Phi) is 7.20. The summed E-state index contributed by atoms with van der Waals surface area (Å²) in [6, 6.07) is 15.2. The first-order valence-corrected chi connectivity index (χ1v) is 11.0. The van der Waals surface area contributed by atoms with Gasteiger partial charge < -0.3 is 10.2 Å². The lowest BCUT2D eigenvalue weighted by Crippen LogP contribution is -2.33. The van der Waals surface area contributed by atoms with Crippen molar-refractivity contribution in [2.24, 2.45) is 0 Å². The van der Waals surface area contributed by atoms with Gasteiger partial charge in [-0.3, -0.25) is 9.59 Å². The molecule has 2 amide bonds. The number of amides is 2. The Balaban J connectivity index is 1.55. The number of nitrogens with zero attached hydrogens (tertiary/aromatic N) is 1. The molecule has 0 aliphatic rings. The van der Waals surface area contributed by atoms with E-state index in [0.29, 0.717) is 25.2 Å². The number of carbonyl (C=O) groups is 2. The zero-order valence-electron chi connectivity index (χ0n) is 14.6. The molecular weight excluding hydrogens is 444 g/mol. The fraction of sp³-hybridized carbons (Fsp3) is 0.200. The molecule has 0 aliphatic carbocycles. The smallest absolute Gasteiger partial charge is 0.251 e. The maximum absolute atomic E-state index is 12.7. The summed E-state index contributed by atoms with van der Waals surface area (Å²) in [5.41, 5.74) is 0.583. The topological polar surface area (TPSA) is 49.4 Å². The van der Waals surface area contributed by atoms with Crippen LogP contribution < -0.4 is 5.32 Å². The minimum atomic E-state index is -0.168. The molecule has 0 saturated carbocycles. The maximum atomic E-state index is 12.7. The number of rotatable bonds is 8. The lowest BCUT2D eigenvalue weighted by molar-refractivity contribution is -0.132. The predicted molar refractivity (Wildman–Crippen MR) is 114 cm³/mol. The summed E-state index contributed by atoms with van der Waals surface area (Å²) in [6.07, 6.45) is 0.277. The number of halogens is 1. The summed E-state index contributed by atoms with van der Waals surface area (Å²) in [7, 11) is 0. The van der Waals surface area contributed by atoms with Crippen LogP contribution in [0.1, 0.15) is 26.5 Å². The predicted octanol–water partition coefficient (Wildman–Crippen LogP) is 4.92. The Hall–Kier alpha value is -1.96. The van der Waals surface area contributed by atoms with Crippen LogP contribution in [0, 0.1) is 0 Å². The Bertz CT molecular complexity index is 826. The Morgan fingerprint density at radius 1 is 0.926 bits per heavy atom. The van der Waals surface area contributed by atoms with Crippen molar-refractivity contribution in [1.29, 1.82) is 0 Å². The van der Waals surface area contributed by atoms with Gasteiger partial charge in [-0.15, -0.1) is 22.7 Å². The van der Waals surface area contributed by atoms with Crippen LogP contribution >= 0.6 is 38.6 Å². The van der Waals surface area contributed by atoms with Crippen molar-refractivity contribution in [3.63, 3.8) is 0 Å². The van der Waals surface area contributed by atoms with Crippen LogP contribution in [0.2, 0.25) is 0 Å². The standard InChI is InChI=1S/C20H19BrN2O2S2/c21-16-7-5-15(6-8-16)20(25)22-10-9-19(24)23(13-17-3-1-11-26-17)14-18-4-2-12-27-18/h1-8,11-12H,9-10,13-14H2,(H,22,25). The van der Waals surface area contributed by atoms with Gasteiger partial charge in [-0.05, 0) is 47.2 Å². The van der Waals surface area contributed by atoms with Gasteiger partial charge in [-0.25, -0.2) is 0 Å². The zero-order valence-corrected chi connectivity index (χ0v) is 17.8. The van der Waals surface area contributed by atoms with Gasteiger partial charge in [-0.1, -0.05) is 28.1 Å². The number of hydrogen-bond donors (Lipinski definition) is 1. The largest absolute Gasteiger partial charge is 0.352 e. The van der Waals surface area contributed by atoms with E-state index >= 15 is 0 Å². The number of nitrogens with one attached hydrogen (secondary N) is 1. The van der Waals surface area contributed by atoms with Crippen LogP contribution in [0.4, 0.5) is 0 Å². The highest BCUT2D eigenvalue weighted by Crippen LogP contribution is 2.18. The van der Waals surface area contributed by atoms with Gasteiger partial charge in [0, 0.05) is 32.8 Å². The van der Waals surface area contributed by atoms with E-state index in [2.05, 4.69) is 21.2 Å². The molecule has 2 heterocycles. The van der Waals surface area contributed by atoms with E-state index in [0.717, 1.165) is 14.2 Å². The molecule has 0 unspecified atom stereocenters. The average Bonchev–Trinajstić information content (AvgIpc) is 3.35. The lowest BCUT2D eigenvalue weighted by atomic mass is 10.2. The second-order valence-electron chi connectivity index (χ2n) is 5.92. The zero-order chi connectivity index (χ0) is 19.1. The number of thiophene rings is 2. The van der Waals surface area contributed by atoms with Gasteiger partial charge in [0.2, 0.25) is 5.91 Å². The average molecular weight is 463 g/mol. The van der Waals surface area contributed by atoms with Crippen LogP contribution in [-0.2, 0) is 17.9 Å². The van der Waals surface area contributed by atoms with Crippen LogP contribution in [0.3, 0.4) is 0 Å². The molecule has 0 radical (unpaired) electrons. The molecule has 0 fully saturated rings. The molecule has 3 rings (SSSR count). The molecule has 0 aliphatic heterocycles. The molecule has 140 valence electrons. The molecule has 1 aromatic carbocycles. The molecular formula is C20H19BrN2O2S2. The number of hydrogen-bond acceptors (Lipinski definition) is 4. The molecule has 3 aromatic rings. The van der Waals surface area contributed by atoms with Crippen LogP contribution in [0.5, 0.6) is 0 Å². The van der Waals surface area contributed by atoms with E-state index in [1.54, 1.807) is 34.8 Å². The molecule has 2 aromatic heterocycles. The third kappa shape index (κ3) is 6.02. The quantitative estimate of drug-likeness (QED) is 0.516. The second-order valence-corrected chi connectivity index (χ2v) is 8.90. The SMILES string of the molecule is O=C(NCCC(=O)N(Cc1cccs1)Cc1cccs1)c1ccc(Br)cc1. The molecule has 0 bridgehead atoms. The molecule has 1 N–H and O–H groups in total. The Morgan fingerprint density at radius 2 is 1.52 bits per heavy atom. The van der Waals surface area contributed by atoms with Gasteiger partial charge in [0.1, 0.15) is 0 Å². The van der Waals surface area contributed by atoms with Crippen molar-refractivity contribution in [2.75, 3.05) is 6.54 Å². The monoisotopic (exact) mass is 462 g/mol. The molecule has 0 spiro atoms. The van der Waals surface area contributed by atoms with E-state index in [1.807, 2.05) is 52.1 Å². The van der Waals surface area contributed by atoms with Gasteiger partial charge in [-0.2, -0.15) is 0 Å². The van der Waals surface area contributed by atoms with Gasteiger partial charge >= 0.3 is 0 Å². The van der Waals surface area contributed by atoms with Crippen LogP contribution in [0.15, 0.2) is 63.8 Å². The fourth-order valence-electron chi connectivity index (χ4n) is 2.56.